The Labute approximate surface area is 88.5 Å². The number of aryl methyl sites for hydroxylation is 1. The van der Waals surface area contributed by atoms with Gasteiger partial charge in [-0.1, -0.05) is 0 Å². The van der Waals surface area contributed by atoms with Gasteiger partial charge in [-0.25, -0.2) is 0 Å². The predicted molar refractivity (Wildman–Crippen MR) is 58.7 cm³/mol. The first-order valence-electron chi connectivity index (χ1n) is 4.58. The number of pyridine rings is 1. The van der Waals surface area contributed by atoms with Gasteiger partial charge in [0.15, 0.2) is 0 Å². The summed E-state index contributed by atoms with van der Waals surface area (Å²) in [5, 5.41) is 0.156. The zero-order chi connectivity index (χ0) is 10.1. The minimum absolute atomic E-state index is 0.135. The number of aromatic nitrogens is 1. The van der Waals surface area contributed by atoms with Gasteiger partial charge in [0.2, 0.25) is 5.91 Å². The van der Waals surface area contributed by atoms with Gasteiger partial charge >= 0.3 is 0 Å². The van der Waals surface area contributed by atoms with Gasteiger partial charge in [-0.3, -0.25) is 9.78 Å². The van der Waals surface area contributed by atoms with Gasteiger partial charge in [-0.15, -0.1) is 0 Å². The van der Waals surface area contributed by atoms with Crippen molar-refractivity contribution in [3.05, 3.63) is 24.0 Å². The van der Waals surface area contributed by atoms with Gasteiger partial charge in [0, 0.05) is 23.9 Å². The van der Waals surface area contributed by atoms with Crippen LogP contribution in [-0.4, -0.2) is 22.7 Å². The number of carbonyl (C=O) groups is 1. The molecular weight excluding hydrogens is 196 g/mol. The van der Waals surface area contributed by atoms with Gasteiger partial charge in [0.05, 0.1) is 11.9 Å². The second-order valence-electron chi connectivity index (χ2n) is 3.52. The normalized spacial score (nSPS) is 21.7. The van der Waals surface area contributed by atoms with Crippen LogP contribution in [0.2, 0.25) is 0 Å². The van der Waals surface area contributed by atoms with Crippen LogP contribution in [-0.2, 0) is 4.79 Å². The lowest BCUT2D eigenvalue weighted by molar-refractivity contribution is -0.117. The van der Waals surface area contributed by atoms with Crippen LogP contribution in [0, 0.1) is 6.92 Å². The molecule has 1 saturated heterocycles. The molecule has 1 aromatic rings. The summed E-state index contributed by atoms with van der Waals surface area (Å²) in [6, 6.07) is 3.83. The molecule has 1 atom stereocenters. The molecule has 4 heteroatoms. The van der Waals surface area contributed by atoms with Gasteiger partial charge in [-0.2, -0.15) is 12.6 Å². The molecule has 3 nitrogen and oxygen atoms in total. The lowest BCUT2D eigenvalue weighted by atomic mass is 10.3. The Morgan fingerprint density at radius 3 is 2.86 bits per heavy atom. The molecular formula is C10H12N2OS. The highest BCUT2D eigenvalue weighted by Crippen LogP contribution is 2.23. The summed E-state index contributed by atoms with van der Waals surface area (Å²) >= 11 is 4.30. The van der Waals surface area contributed by atoms with E-state index in [4.69, 9.17) is 0 Å². The maximum atomic E-state index is 11.5. The zero-order valence-corrected chi connectivity index (χ0v) is 8.87. The Hall–Kier alpha value is -1.03. The average Bonchev–Trinajstić information content (AvgIpc) is 2.47. The van der Waals surface area contributed by atoms with Crippen molar-refractivity contribution in [2.75, 3.05) is 11.4 Å². The number of thiol groups is 1. The molecule has 0 aliphatic carbocycles. The molecule has 0 N–H and O–H groups in total. The highest BCUT2D eigenvalue weighted by atomic mass is 32.1. The molecule has 0 spiro atoms. The maximum absolute atomic E-state index is 11.5. The molecule has 0 bridgehead atoms. The van der Waals surface area contributed by atoms with Crippen LogP contribution >= 0.6 is 12.6 Å². The molecule has 1 amide bonds. The minimum atomic E-state index is 0.135. The third-order valence-electron chi connectivity index (χ3n) is 2.31. The summed E-state index contributed by atoms with van der Waals surface area (Å²) in [6.07, 6.45) is 2.26. The highest BCUT2D eigenvalue weighted by Gasteiger charge is 2.28. The molecule has 2 rings (SSSR count). The molecule has 0 saturated carbocycles. The topological polar surface area (TPSA) is 33.2 Å². The highest BCUT2D eigenvalue weighted by molar-refractivity contribution is 7.81. The van der Waals surface area contributed by atoms with Crippen molar-refractivity contribution in [2.24, 2.45) is 0 Å². The van der Waals surface area contributed by atoms with Crippen molar-refractivity contribution in [3.8, 4) is 0 Å². The smallest absolute Gasteiger partial charge is 0.228 e. The number of hydrogen-bond donors (Lipinski definition) is 1. The molecule has 1 aliphatic rings. The third-order valence-corrected chi connectivity index (χ3v) is 2.66. The number of rotatable bonds is 1. The van der Waals surface area contributed by atoms with E-state index in [9.17, 15) is 4.79 Å². The van der Waals surface area contributed by atoms with E-state index < -0.39 is 0 Å². The number of anilines is 1. The van der Waals surface area contributed by atoms with Gasteiger partial charge in [0.1, 0.15) is 0 Å². The molecule has 0 radical (unpaired) electrons. The van der Waals surface area contributed by atoms with Crippen molar-refractivity contribution in [2.45, 2.75) is 18.6 Å². The van der Waals surface area contributed by atoms with E-state index in [1.165, 1.54) is 0 Å². The Balaban J connectivity index is 2.23. The second-order valence-corrected chi connectivity index (χ2v) is 4.25. The van der Waals surface area contributed by atoms with Gasteiger partial charge in [-0.05, 0) is 19.1 Å². The Kier molecular flexibility index (Phi) is 2.46. The Bertz CT molecular complexity index is 350. The SMILES string of the molecule is Cc1ccc(N2CC(S)CC2=O)cn1. The molecule has 14 heavy (non-hydrogen) atoms. The van der Waals surface area contributed by atoms with E-state index in [-0.39, 0.29) is 11.2 Å². The monoisotopic (exact) mass is 208 g/mol. The number of hydrogen-bond acceptors (Lipinski definition) is 3. The summed E-state index contributed by atoms with van der Waals surface area (Å²) in [7, 11) is 0. The third kappa shape index (κ3) is 1.75. The molecule has 1 aromatic heterocycles. The fraction of sp³-hybridized carbons (Fsp3) is 0.400. The summed E-state index contributed by atoms with van der Waals surface area (Å²) < 4.78 is 0. The summed E-state index contributed by atoms with van der Waals surface area (Å²) in [4.78, 5) is 17.4. The van der Waals surface area contributed by atoms with Crippen molar-refractivity contribution < 1.29 is 4.79 Å². The molecule has 0 aromatic carbocycles. The predicted octanol–water partition coefficient (Wildman–Crippen LogP) is 1.43. The first kappa shape index (κ1) is 9.52. The first-order chi connectivity index (χ1) is 6.66. The van der Waals surface area contributed by atoms with E-state index in [1.54, 1.807) is 11.1 Å². The maximum Gasteiger partial charge on any atom is 0.228 e. The zero-order valence-electron chi connectivity index (χ0n) is 7.97. The Morgan fingerprint density at radius 2 is 2.36 bits per heavy atom. The number of nitrogens with zero attached hydrogens (tertiary/aromatic N) is 2. The average molecular weight is 208 g/mol. The minimum Gasteiger partial charge on any atom is -0.310 e. The van der Waals surface area contributed by atoms with Gasteiger partial charge in [0.25, 0.3) is 0 Å². The molecule has 1 fully saturated rings. The fourth-order valence-electron chi connectivity index (χ4n) is 1.56. The van der Waals surface area contributed by atoms with Crippen molar-refractivity contribution in [1.29, 1.82) is 0 Å². The van der Waals surface area contributed by atoms with Crippen LogP contribution in [0.1, 0.15) is 12.1 Å². The van der Waals surface area contributed by atoms with E-state index >= 15 is 0 Å². The number of amides is 1. The van der Waals surface area contributed by atoms with Crippen LogP contribution < -0.4 is 4.90 Å². The quantitative estimate of drug-likeness (QED) is 0.708. The van der Waals surface area contributed by atoms with Crippen molar-refractivity contribution in [1.82, 2.24) is 4.98 Å². The fourth-order valence-corrected chi connectivity index (χ4v) is 1.88. The van der Waals surface area contributed by atoms with Crippen molar-refractivity contribution >= 4 is 24.2 Å². The van der Waals surface area contributed by atoms with Gasteiger partial charge < -0.3 is 4.90 Å². The Morgan fingerprint density at radius 1 is 1.57 bits per heavy atom. The van der Waals surface area contributed by atoms with Crippen LogP contribution in [0.25, 0.3) is 0 Å². The van der Waals surface area contributed by atoms with E-state index in [1.807, 2.05) is 19.1 Å². The summed E-state index contributed by atoms with van der Waals surface area (Å²) in [5.74, 6) is 0.135. The van der Waals surface area contributed by atoms with Crippen LogP contribution in [0.4, 0.5) is 5.69 Å². The molecule has 1 aliphatic heterocycles. The van der Waals surface area contributed by atoms with E-state index in [0.717, 1.165) is 11.4 Å². The van der Waals surface area contributed by atoms with Crippen LogP contribution in [0.5, 0.6) is 0 Å². The largest absolute Gasteiger partial charge is 0.310 e. The lowest BCUT2D eigenvalue weighted by Crippen LogP contribution is -2.24. The molecule has 74 valence electrons. The van der Waals surface area contributed by atoms with Crippen LogP contribution in [0.3, 0.4) is 0 Å². The van der Waals surface area contributed by atoms with Crippen LogP contribution in [0.15, 0.2) is 18.3 Å². The second kappa shape index (κ2) is 3.61. The summed E-state index contributed by atoms with van der Waals surface area (Å²) in [5.41, 5.74) is 1.83. The lowest BCUT2D eigenvalue weighted by Gasteiger charge is -2.15. The number of carbonyl (C=O) groups excluding carboxylic acids is 1. The molecule has 2 heterocycles. The first-order valence-corrected chi connectivity index (χ1v) is 5.09. The summed E-state index contributed by atoms with van der Waals surface area (Å²) in [6.45, 7) is 2.61. The van der Waals surface area contributed by atoms with E-state index in [2.05, 4.69) is 17.6 Å². The molecule has 1 unspecified atom stereocenters. The van der Waals surface area contributed by atoms with Crippen molar-refractivity contribution in [3.63, 3.8) is 0 Å². The van der Waals surface area contributed by atoms with E-state index in [0.29, 0.717) is 13.0 Å². The standard InChI is InChI=1S/C10H12N2OS/c1-7-2-3-8(5-11-7)12-6-9(14)4-10(12)13/h2-3,5,9,14H,4,6H2,1H3.